The van der Waals surface area contributed by atoms with Gasteiger partial charge in [-0.25, -0.2) is 0 Å². The Morgan fingerprint density at radius 1 is 0.405 bits per heavy atom. The molecule has 2 atom stereocenters. The van der Waals surface area contributed by atoms with Crippen LogP contribution in [0, 0.1) is 0 Å². The molecule has 0 aliphatic heterocycles. The van der Waals surface area contributed by atoms with Crippen LogP contribution in [-0.2, 0) is 28.6 Å². The van der Waals surface area contributed by atoms with Gasteiger partial charge in [0.2, 0.25) is 0 Å². The first-order chi connectivity index (χ1) is 20.5. The Morgan fingerprint density at radius 3 is 1.21 bits per heavy atom. The molecule has 248 valence electrons. The molecule has 0 rings (SSSR count). The van der Waals surface area contributed by atoms with Crippen LogP contribution in [0.2, 0.25) is 0 Å². The third-order valence-electron chi connectivity index (χ3n) is 7.92. The van der Waals surface area contributed by atoms with E-state index in [1.54, 1.807) is 0 Å². The number of esters is 3. The maximum Gasteiger partial charge on any atom is 0.306 e. The number of carbonyl (C=O) groups is 3. The van der Waals surface area contributed by atoms with Crippen molar-refractivity contribution in [3.8, 4) is 0 Å². The Labute approximate surface area is 259 Å². The van der Waals surface area contributed by atoms with Crippen LogP contribution < -0.4 is 0 Å². The third-order valence-corrected chi connectivity index (χ3v) is 7.92. The summed E-state index contributed by atoms with van der Waals surface area (Å²) in [4.78, 5) is 37.4. The highest BCUT2D eigenvalue weighted by Gasteiger charge is 2.28. The average Bonchev–Trinajstić information content (AvgIpc) is 2.97. The van der Waals surface area contributed by atoms with Crippen LogP contribution in [0.3, 0.4) is 0 Å². The standard InChI is InChI=1S/C36H68O6/c1-5-9-13-15-17-22-26-32(41-35(38)29-20-11-7-3)33(42-36(39)30-21-12-8-4)27-23-18-16-19-24-28-34(37)40-31-25-14-10-6-2/h32-33H,5-31H2,1-4H3. The second-order valence-corrected chi connectivity index (χ2v) is 12.1. The van der Waals surface area contributed by atoms with E-state index < -0.39 is 0 Å². The lowest BCUT2D eigenvalue weighted by Gasteiger charge is -2.27. The Bertz CT molecular complexity index is 634. The summed E-state index contributed by atoms with van der Waals surface area (Å²) in [6, 6.07) is 0. The summed E-state index contributed by atoms with van der Waals surface area (Å²) in [6.45, 7) is 9.19. The van der Waals surface area contributed by atoms with Crippen LogP contribution in [0.1, 0.15) is 195 Å². The zero-order chi connectivity index (χ0) is 31.1. The second kappa shape index (κ2) is 30.9. The molecule has 0 aliphatic rings. The highest BCUT2D eigenvalue weighted by atomic mass is 16.6. The molecule has 2 unspecified atom stereocenters. The van der Waals surface area contributed by atoms with E-state index >= 15 is 0 Å². The van der Waals surface area contributed by atoms with Gasteiger partial charge in [0, 0.05) is 19.3 Å². The fraction of sp³-hybridized carbons (Fsp3) is 0.917. The van der Waals surface area contributed by atoms with Crippen LogP contribution in [0.4, 0.5) is 0 Å². The molecule has 0 amide bonds. The van der Waals surface area contributed by atoms with Crippen LogP contribution in [0.25, 0.3) is 0 Å². The maximum absolute atomic E-state index is 12.7. The van der Waals surface area contributed by atoms with E-state index in [0.717, 1.165) is 103 Å². The molecule has 0 spiro atoms. The van der Waals surface area contributed by atoms with Crippen molar-refractivity contribution in [2.45, 2.75) is 207 Å². The highest BCUT2D eigenvalue weighted by Crippen LogP contribution is 2.22. The van der Waals surface area contributed by atoms with Gasteiger partial charge < -0.3 is 14.2 Å². The molecular weight excluding hydrogens is 528 g/mol. The summed E-state index contributed by atoms with van der Waals surface area (Å²) in [7, 11) is 0. The van der Waals surface area contributed by atoms with E-state index in [1.807, 2.05) is 0 Å². The summed E-state index contributed by atoms with van der Waals surface area (Å²) < 4.78 is 17.4. The minimum atomic E-state index is -0.382. The monoisotopic (exact) mass is 597 g/mol. The van der Waals surface area contributed by atoms with Crippen molar-refractivity contribution in [2.75, 3.05) is 6.61 Å². The predicted octanol–water partition coefficient (Wildman–Crippen LogP) is 10.6. The summed E-state index contributed by atoms with van der Waals surface area (Å²) >= 11 is 0. The molecule has 0 heterocycles. The van der Waals surface area contributed by atoms with Crippen molar-refractivity contribution < 1.29 is 28.6 Å². The normalized spacial score (nSPS) is 12.6. The molecule has 6 nitrogen and oxygen atoms in total. The molecule has 0 bridgehead atoms. The Morgan fingerprint density at radius 2 is 0.738 bits per heavy atom. The SMILES string of the molecule is CCCCCCCCC(OC(=O)CCCCC)C(CCCCCCCC(=O)OCCCCCC)OC(=O)CCCCC. The van der Waals surface area contributed by atoms with Crippen LogP contribution in [0.15, 0.2) is 0 Å². The lowest BCUT2D eigenvalue weighted by molar-refractivity contribution is -0.169. The maximum atomic E-state index is 12.7. The fourth-order valence-electron chi connectivity index (χ4n) is 5.19. The lowest BCUT2D eigenvalue weighted by atomic mass is 9.99. The Hall–Kier alpha value is -1.59. The van der Waals surface area contributed by atoms with Gasteiger partial charge in [-0.15, -0.1) is 0 Å². The predicted molar refractivity (Wildman–Crippen MR) is 173 cm³/mol. The van der Waals surface area contributed by atoms with Gasteiger partial charge in [-0.3, -0.25) is 14.4 Å². The van der Waals surface area contributed by atoms with E-state index in [-0.39, 0.29) is 30.1 Å². The topological polar surface area (TPSA) is 78.9 Å². The van der Waals surface area contributed by atoms with E-state index in [0.29, 0.717) is 32.3 Å². The molecule has 42 heavy (non-hydrogen) atoms. The number of ether oxygens (including phenoxy) is 3. The van der Waals surface area contributed by atoms with Gasteiger partial charge in [-0.1, -0.05) is 124 Å². The van der Waals surface area contributed by atoms with E-state index in [2.05, 4.69) is 27.7 Å². The highest BCUT2D eigenvalue weighted by molar-refractivity contribution is 5.70. The summed E-state index contributed by atoms with van der Waals surface area (Å²) in [5.41, 5.74) is 0. The largest absolute Gasteiger partial charge is 0.466 e. The smallest absolute Gasteiger partial charge is 0.306 e. The fourth-order valence-corrected chi connectivity index (χ4v) is 5.19. The van der Waals surface area contributed by atoms with Gasteiger partial charge in [0.25, 0.3) is 0 Å². The summed E-state index contributed by atoms with van der Waals surface area (Å²) in [5, 5.41) is 0. The van der Waals surface area contributed by atoms with Crippen molar-refractivity contribution >= 4 is 17.9 Å². The molecular formula is C36H68O6. The van der Waals surface area contributed by atoms with Gasteiger partial charge in [-0.05, 0) is 51.4 Å². The minimum Gasteiger partial charge on any atom is -0.466 e. The molecule has 6 heteroatoms. The summed E-state index contributed by atoms with van der Waals surface area (Å²) in [5.74, 6) is -0.416. The minimum absolute atomic E-state index is 0.0835. The molecule has 0 saturated carbocycles. The molecule has 0 saturated heterocycles. The quantitative estimate of drug-likeness (QED) is 0.0450. The van der Waals surface area contributed by atoms with Crippen LogP contribution >= 0.6 is 0 Å². The van der Waals surface area contributed by atoms with Crippen molar-refractivity contribution in [1.82, 2.24) is 0 Å². The van der Waals surface area contributed by atoms with Gasteiger partial charge in [0.05, 0.1) is 6.61 Å². The molecule has 0 aliphatic carbocycles. The number of hydrogen-bond acceptors (Lipinski definition) is 6. The average molecular weight is 597 g/mol. The van der Waals surface area contributed by atoms with Crippen molar-refractivity contribution in [3.63, 3.8) is 0 Å². The Kier molecular flexibility index (Phi) is 29.7. The van der Waals surface area contributed by atoms with Gasteiger partial charge in [0.1, 0.15) is 12.2 Å². The molecule has 0 fully saturated rings. The molecule has 0 aromatic rings. The first-order valence-corrected chi connectivity index (χ1v) is 18.0. The van der Waals surface area contributed by atoms with Gasteiger partial charge >= 0.3 is 17.9 Å². The van der Waals surface area contributed by atoms with Crippen molar-refractivity contribution in [2.24, 2.45) is 0 Å². The first-order valence-electron chi connectivity index (χ1n) is 18.0. The van der Waals surface area contributed by atoms with Crippen LogP contribution in [0.5, 0.6) is 0 Å². The molecule has 0 aromatic carbocycles. The number of carbonyl (C=O) groups excluding carboxylic acids is 3. The zero-order valence-corrected chi connectivity index (χ0v) is 28.2. The van der Waals surface area contributed by atoms with Gasteiger partial charge in [-0.2, -0.15) is 0 Å². The number of hydrogen-bond donors (Lipinski definition) is 0. The Balaban J connectivity index is 4.85. The van der Waals surface area contributed by atoms with Crippen molar-refractivity contribution in [3.05, 3.63) is 0 Å². The van der Waals surface area contributed by atoms with E-state index in [4.69, 9.17) is 14.2 Å². The third kappa shape index (κ3) is 26.1. The molecule has 0 aromatic heterocycles. The van der Waals surface area contributed by atoms with Crippen LogP contribution in [-0.4, -0.2) is 36.7 Å². The number of unbranched alkanes of at least 4 members (excludes halogenated alkanes) is 16. The second-order valence-electron chi connectivity index (χ2n) is 12.1. The van der Waals surface area contributed by atoms with Gasteiger partial charge in [0.15, 0.2) is 0 Å². The number of rotatable bonds is 31. The molecule has 0 radical (unpaired) electrons. The zero-order valence-electron chi connectivity index (χ0n) is 28.2. The lowest BCUT2D eigenvalue weighted by Crippen LogP contribution is -2.35. The summed E-state index contributed by atoms with van der Waals surface area (Å²) in [6.07, 6.45) is 24.1. The molecule has 0 N–H and O–H groups in total. The van der Waals surface area contributed by atoms with E-state index in [1.165, 1.54) is 38.5 Å². The first kappa shape index (κ1) is 40.4. The van der Waals surface area contributed by atoms with Crippen molar-refractivity contribution in [1.29, 1.82) is 0 Å². The van der Waals surface area contributed by atoms with E-state index in [9.17, 15) is 14.4 Å².